The molecule has 0 fully saturated rings. The predicted molar refractivity (Wildman–Crippen MR) is 137 cm³/mol. The van der Waals surface area contributed by atoms with Gasteiger partial charge in [0.1, 0.15) is 0 Å². The highest BCUT2D eigenvalue weighted by Crippen LogP contribution is 2.28. The third-order valence-electron chi connectivity index (χ3n) is 5.58. The first-order valence-electron chi connectivity index (χ1n) is 11.1. The van der Waals surface area contributed by atoms with Gasteiger partial charge in [-0.1, -0.05) is 43.7 Å². The molecule has 0 saturated heterocycles. The van der Waals surface area contributed by atoms with Gasteiger partial charge in [-0.3, -0.25) is 0 Å². The number of fused-ring (bicyclic) bond motifs is 1. The average Bonchev–Trinajstić information content (AvgIpc) is 2.76. The van der Waals surface area contributed by atoms with E-state index in [-0.39, 0.29) is 0 Å². The number of aromatic nitrogens is 1. The van der Waals surface area contributed by atoms with Gasteiger partial charge in [0, 0.05) is 27.8 Å². The van der Waals surface area contributed by atoms with E-state index in [1.54, 1.807) is 0 Å². The zero-order chi connectivity index (χ0) is 22.2. The molecule has 0 amide bonds. The van der Waals surface area contributed by atoms with Crippen molar-refractivity contribution in [3.8, 4) is 0 Å². The molecule has 4 nitrogen and oxygen atoms in total. The van der Waals surface area contributed by atoms with Gasteiger partial charge in [0.15, 0.2) is 0 Å². The molecule has 3 aromatic rings. The summed E-state index contributed by atoms with van der Waals surface area (Å²) in [6.45, 7) is 10.0. The van der Waals surface area contributed by atoms with Gasteiger partial charge in [-0.15, -0.1) is 0 Å². The molecule has 0 spiro atoms. The van der Waals surface area contributed by atoms with E-state index in [9.17, 15) is 0 Å². The van der Waals surface area contributed by atoms with Crippen LogP contribution in [0.1, 0.15) is 44.9 Å². The van der Waals surface area contributed by atoms with E-state index in [2.05, 4.69) is 43.1 Å². The molecule has 0 aliphatic carbocycles. The zero-order valence-corrected chi connectivity index (χ0v) is 19.5. The average molecular weight is 437 g/mol. The monoisotopic (exact) mass is 436 g/mol. The van der Waals surface area contributed by atoms with E-state index in [0.717, 1.165) is 59.6 Å². The van der Waals surface area contributed by atoms with Gasteiger partial charge in [0.25, 0.3) is 0 Å². The van der Waals surface area contributed by atoms with Crippen LogP contribution in [0.15, 0.2) is 48.5 Å². The highest BCUT2D eigenvalue weighted by Gasteiger charge is 2.09. The van der Waals surface area contributed by atoms with Crippen LogP contribution in [-0.2, 0) is 0 Å². The fraction of sp³-hybridized carbons (Fsp3) is 0.346. The van der Waals surface area contributed by atoms with E-state index in [0.29, 0.717) is 11.1 Å². The van der Waals surface area contributed by atoms with Gasteiger partial charge >= 0.3 is 0 Å². The van der Waals surface area contributed by atoms with E-state index < -0.39 is 0 Å². The van der Waals surface area contributed by atoms with Crippen LogP contribution >= 0.6 is 11.6 Å². The molecule has 0 saturated carbocycles. The topological polar surface area (TPSA) is 54.2 Å². The molecule has 0 aliphatic rings. The molecule has 3 rings (SSSR count). The molecule has 2 aromatic carbocycles. The third kappa shape index (κ3) is 6.71. The Kier molecular flexibility index (Phi) is 8.33. The highest BCUT2D eigenvalue weighted by molar-refractivity contribution is 6.31. The minimum absolute atomic E-state index is 0.366. The van der Waals surface area contributed by atoms with E-state index in [4.69, 9.17) is 22.3 Å². The van der Waals surface area contributed by atoms with Crippen molar-refractivity contribution in [2.75, 3.05) is 30.7 Å². The number of nitrogens with zero attached hydrogens (tertiary/aromatic N) is 2. The van der Waals surface area contributed by atoms with Gasteiger partial charge in [-0.2, -0.15) is 0 Å². The Bertz CT molecular complexity index is 1010. The number of nitrogen functional groups attached to an aromatic ring is 1. The van der Waals surface area contributed by atoms with Crippen LogP contribution in [0, 0.1) is 0 Å². The standard InChI is InChI=1S/C26H33ClN4/c1-4-31(5-2)16-6-7-19(3)29-26-18-23(14-10-20-8-12-22(28)13-9-20)30-25-17-21(27)11-15-24(25)26/h8-15,17-19H,4-7,16,28H2,1-3H3,(H,29,30)/b14-10+. The molecule has 1 aromatic heterocycles. The van der Waals surface area contributed by atoms with Crippen LogP contribution in [0.4, 0.5) is 11.4 Å². The summed E-state index contributed by atoms with van der Waals surface area (Å²) in [7, 11) is 0. The molecular weight excluding hydrogens is 404 g/mol. The molecule has 0 radical (unpaired) electrons. The molecule has 5 heteroatoms. The summed E-state index contributed by atoms with van der Waals surface area (Å²) in [5.74, 6) is 0. The minimum atomic E-state index is 0.366. The summed E-state index contributed by atoms with van der Waals surface area (Å²) in [5.41, 5.74) is 10.5. The second-order valence-corrected chi connectivity index (χ2v) is 8.41. The lowest BCUT2D eigenvalue weighted by Gasteiger charge is -2.21. The number of hydrogen-bond donors (Lipinski definition) is 2. The summed E-state index contributed by atoms with van der Waals surface area (Å²) in [5, 5.41) is 5.49. The normalized spacial score (nSPS) is 12.7. The maximum absolute atomic E-state index is 6.25. The van der Waals surface area contributed by atoms with Crippen LogP contribution in [-0.4, -0.2) is 35.6 Å². The fourth-order valence-corrected chi connectivity index (χ4v) is 3.88. The number of hydrogen-bond acceptors (Lipinski definition) is 4. The molecule has 164 valence electrons. The Morgan fingerprint density at radius 1 is 1.06 bits per heavy atom. The SMILES string of the molecule is CCN(CC)CCCC(C)Nc1cc(/C=C/c2ccc(N)cc2)nc2cc(Cl)ccc12. The largest absolute Gasteiger partial charge is 0.399 e. The molecule has 31 heavy (non-hydrogen) atoms. The predicted octanol–water partition coefficient (Wildman–Crippen LogP) is 6.56. The number of pyridine rings is 1. The summed E-state index contributed by atoms with van der Waals surface area (Å²) in [6.07, 6.45) is 6.37. The zero-order valence-electron chi connectivity index (χ0n) is 18.7. The first kappa shape index (κ1) is 23.1. The Hall–Kier alpha value is -2.56. The first-order valence-corrected chi connectivity index (χ1v) is 11.5. The van der Waals surface area contributed by atoms with Gasteiger partial charge in [-0.05, 0) is 87.4 Å². The van der Waals surface area contributed by atoms with Crippen LogP contribution in [0.5, 0.6) is 0 Å². The number of anilines is 2. The molecule has 0 bridgehead atoms. The maximum atomic E-state index is 6.25. The van der Waals surface area contributed by atoms with E-state index in [1.807, 2.05) is 48.5 Å². The lowest BCUT2D eigenvalue weighted by atomic mass is 10.1. The van der Waals surface area contributed by atoms with E-state index >= 15 is 0 Å². The molecule has 1 atom stereocenters. The van der Waals surface area contributed by atoms with Crippen molar-refractivity contribution in [1.29, 1.82) is 0 Å². The van der Waals surface area contributed by atoms with Crippen molar-refractivity contribution in [3.05, 3.63) is 64.8 Å². The first-order chi connectivity index (χ1) is 15.0. The summed E-state index contributed by atoms with van der Waals surface area (Å²) in [6, 6.07) is 16.2. The highest BCUT2D eigenvalue weighted by atomic mass is 35.5. The van der Waals surface area contributed by atoms with Crippen LogP contribution in [0.3, 0.4) is 0 Å². The van der Waals surface area contributed by atoms with Crippen LogP contribution in [0.25, 0.3) is 23.1 Å². The summed E-state index contributed by atoms with van der Waals surface area (Å²) < 4.78 is 0. The third-order valence-corrected chi connectivity index (χ3v) is 5.82. The Morgan fingerprint density at radius 2 is 1.81 bits per heavy atom. The molecular formula is C26H33ClN4. The van der Waals surface area contributed by atoms with Crippen molar-refractivity contribution in [1.82, 2.24) is 9.88 Å². The molecule has 1 unspecified atom stereocenters. The van der Waals surface area contributed by atoms with Crippen molar-refractivity contribution in [2.24, 2.45) is 0 Å². The van der Waals surface area contributed by atoms with Crippen LogP contribution < -0.4 is 11.1 Å². The van der Waals surface area contributed by atoms with Crippen LogP contribution in [0.2, 0.25) is 5.02 Å². The molecule has 0 aliphatic heterocycles. The number of nitrogens with one attached hydrogen (secondary N) is 1. The lowest BCUT2D eigenvalue weighted by Crippen LogP contribution is -2.25. The van der Waals surface area contributed by atoms with Gasteiger partial charge < -0.3 is 16.0 Å². The lowest BCUT2D eigenvalue weighted by molar-refractivity contribution is 0.295. The number of halogens is 1. The van der Waals surface area contributed by atoms with Gasteiger partial charge in [0.05, 0.1) is 11.2 Å². The Labute approximate surface area is 191 Å². The summed E-state index contributed by atoms with van der Waals surface area (Å²) >= 11 is 6.25. The van der Waals surface area contributed by atoms with Crippen molar-refractivity contribution in [2.45, 2.75) is 39.7 Å². The number of nitrogens with two attached hydrogens (primary N) is 1. The smallest absolute Gasteiger partial charge is 0.0744 e. The van der Waals surface area contributed by atoms with Crippen molar-refractivity contribution < 1.29 is 0 Å². The second-order valence-electron chi connectivity index (χ2n) is 7.97. The quantitative estimate of drug-likeness (QED) is 0.353. The van der Waals surface area contributed by atoms with Crippen molar-refractivity contribution >= 4 is 46.0 Å². The fourth-order valence-electron chi connectivity index (χ4n) is 3.71. The summed E-state index contributed by atoms with van der Waals surface area (Å²) in [4.78, 5) is 7.27. The Morgan fingerprint density at radius 3 is 2.52 bits per heavy atom. The van der Waals surface area contributed by atoms with Gasteiger partial charge in [0.2, 0.25) is 0 Å². The number of benzene rings is 2. The van der Waals surface area contributed by atoms with Gasteiger partial charge in [-0.25, -0.2) is 4.98 Å². The molecule has 3 N–H and O–H groups in total. The Balaban J connectivity index is 1.79. The molecule has 1 heterocycles. The number of rotatable bonds is 10. The second kappa shape index (κ2) is 11.2. The maximum Gasteiger partial charge on any atom is 0.0744 e. The minimum Gasteiger partial charge on any atom is -0.399 e. The van der Waals surface area contributed by atoms with Crippen molar-refractivity contribution in [3.63, 3.8) is 0 Å². The van der Waals surface area contributed by atoms with E-state index in [1.165, 1.54) is 6.42 Å².